The molecule has 0 nitrogen and oxygen atoms in total. The molecule has 0 fully saturated rings. The topological polar surface area (TPSA) is 0 Å². The maximum Gasteiger partial charge on any atom is 0.139 e. The molecule has 1 heterocycles. The number of aryl methyl sites for hydroxylation is 1. The van der Waals surface area contributed by atoms with Crippen molar-refractivity contribution in [2.24, 2.45) is 0 Å². The molecule has 0 N–H and O–H groups in total. The summed E-state index contributed by atoms with van der Waals surface area (Å²) >= 11 is 6.66. The van der Waals surface area contributed by atoms with Crippen molar-refractivity contribution in [3.63, 3.8) is 0 Å². The predicted octanol–water partition coefficient (Wildman–Crippen LogP) is 4.55. The van der Waals surface area contributed by atoms with E-state index in [4.69, 9.17) is 11.2 Å². The van der Waals surface area contributed by atoms with Gasteiger partial charge in [-0.15, -0.1) is 0 Å². The molecule has 2 heteroatoms. The van der Waals surface area contributed by atoms with Crippen molar-refractivity contribution in [2.75, 3.05) is 12.8 Å². The van der Waals surface area contributed by atoms with Crippen molar-refractivity contribution in [1.29, 1.82) is 0 Å². The fourth-order valence-electron chi connectivity index (χ4n) is 2.84. The molecule has 0 radical (unpaired) electrons. The van der Waals surface area contributed by atoms with Gasteiger partial charge in [-0.2, -0.15) is 0 Å². The van der Waals surface area contributed by atoms with Gasteiger partial charge in [-0.05, 0) is 17.5 Å². The Kier molecular flexibility index (Phi) is 2.20. The first kappa shape index (κ1) is 9.87. The minimum absolute atomic E-state index is 1.19. The van der Waals surface area contributed by atoms with Gasteiger partial charge in [0.2, 0.25) is 0 Å². The number of hydrogen-bond donors (Lipinski definition) is 0. The molecule has 1 unspecified atom stereocenters. The van der Waals surface area contributed by atoms with Crippen LogP contribution < -0.4 is 0 Å². The molecule has 0 saturated carbocycles. The second-order valence-corrected chi connectivity index (χ2v) is 9.99. The minimum Gasteiger partial charge on any atom is -0.0620 e. The molecule has 0 aromatic heterocycles. The summed E-state index contributed by atoms with van der Waals surface area (Å²) in [7, 11) is 0. The molecule has 0 saturated heterocycles. The first-order chi connectivity index (χ1) is 7.18. The molecule has 2 aliphatic rings. The van der Waals surface area contributed by atoms with Crippen molar-refractivity contribution in [1.82, 2.24) is 0 Å². The average molecular weight is 238 g/mol. The third-order valence-electron chi connectivity index (χ3n) is 3.67. The van der Waals surface area contributed by atoms with E-state index in [1.54, 1.807) is 10.9 Å². The van der Waals surface area contributed by atoms with Crippen LogP contribution in [0.5, 0.6) is 0 Å². The van der Waals surface area contributed by atoms with Crippen LogP contribution >= 0.6 is 17.9 Å². The molecule has 1 aliphatic heterocycles. The monoisotopic (exact) mass is 237 g/mol. The normalized spacial score (nSPS) is 28.9. The third-order valence-corrected chi connectivity index (χ3v) is 7.47. The zero-order valence-electron chi connectivity index (χ0n) is 8.96. The first-order valence-electron chi connectivity index (χ1n) is 5.54. The zero-order valence-corrected chi connectivity index (χ0v) is 10.6. The Bertz CT molecular complexity index is 446. The molecule has 1 aromatic rings. The van der Waals surface area contributed by atoms with E-state index < -0.39 is 6.62 Å². The summed E-state index contributed by atoms with van der Waals surface area (Å²) < 4.78 is 0. The first-order valence-corrected chi connectivity index (χ1v) is 8.87. The highest BCUT2D eigenvalue weighted by molar-refractivity contribution is 8.02. The van der Waals surface area contributed by atoms with Crippen LogP contribution in [0.2, 0.25) is 0 Å². The molecule has 15 heavy (non-hydrogen) atoms. The number of allylic oxidation sites excluding steroid dienone is 2. The van der Waals surface area contributed by atoms with Crippen LogP contribution in [-0.4, -0.2) is 12.8 Å². The van der Waals surface area contributed by atoms with E-state index in [9.17, 15) is 0 Å². The smallest absolute Gasteiger partial charge is 0.0620 e. The van der Waals surface area contributed by atoms with Crippen molar-refractivity contribution in [3.8, 4) is 0 Å². The van der Waals surface area contributed by atoms with Crippen molar-refractivity contribution >= 4 is 23.4 Å². The van der Waals surface area contributed by atoms with E-state index in [-0.39, 0.29) is 0 Å². The highest BCUT2D eigenvalue weighted by Gasteiger charge is 2.44. The van der Waals surface area contributed by atoms with Gasteiger partial charge in [0.1, 0.15) is 6.62 Å². The van der Waals surface area contributed by atoms with Crippen LogP contribution in [0.25, 0.3) is 5.57 Å². The van der Waals surface area contributed by atoms with Crippen LogP contribution in [0.1, 0.15) is 24.0 Å². The lowest BCUT2D eigenvalue weighted by Crippen LogP contribution is -2.01. The number of hydrogen-bond acceptors (Lipinski definition) is 0. The molecule has 78 valence electrons. The summed E-state index contributed by atoms with van der Waals surface area (Å²) in [4.78, 5) is 0. The fraction of sp³-hybridized carbons (Fsp3) is 0.385. The second kappa shape index (κ2) is 3.34. The maximum atomic E-state index is 6.66. The van der Waals surface area contributed by atoms with Crippen molar-refractivity contribution in [3.05, 3.63) is 40.7 Å². The van der Waals surface area contributed by atoms with Gasteiger partial charge >= 0.3 is 0 Å². The maximum absolute atomic E-state index is 6.66. The Balaban J connectivity index is 2.18. The average Bonchev–Trinajstić information content (AvgIpc) is 2.55. The Hall–Kier alpha value is -0.320. The minimum atomic E-state index is -1.23. The lowest BCUT2D eigenvalue weighted by molar-refractivity contribution is 0.958. The summed E-state index contributed by atoms with van der Waals surface area (Å²) in [6.45, 7) is 1.05. The van der Waals surface area contributed by atoms with Gasteiger partial charge in [0.15, 0.2) is 0 Å². The van der Waals surface area contributed by atoms with Gasteiger partial charge in [-0.3, -0.25) is 0 Å². The Morgan fingerprint density at radius 1 is 1.13 bits per heavy atom. The van der Waals surface area contributed by atoms with Crippen molar-refractivity contribution < 1.29 is 0 Å². The number of benzene rings is 1. The Morgan fingerprint density at radius 2 is 1.93 bits per heavy atom. The Morgan fingerprint density at radius 3 is 2.80 bits per heavy atom. The molecule has 1 aliphatic carbocycles. The van der Waals surface area contributed by atoms with Gasteiger partial charge in [-0.1, -0.05) is 24.3 Å². The predicted molar refractivity (Wildman–Crippen MR) is 69.9 cm³/mol. The zero-order chi connectivity index (χ0) is 10.5. The molecule has 1 aromatic carbocycles. The molecular formula is C13H15ClP+. The van der Waals surface area contributed by atoms with E-state index >= 15 is 0 Å². The number of rotatable bonds is 0. The van der Waals surface area contributed by atoms with Gasteiger partial charge in [0, 0.05) is 18.4 Å². The highest BCUT2D eigenvalue weighted by Crippen LogP contribution is 2.75. The van der Waals surface area contributed by atoms with Gasteiger partial charge in [0.25, 0.3) is 0 Å². The fourth-order valence-corrected chi connectivity index (χ4v) is 5.94. The third kappa shape index (κ3) is 1.47. The van der Waals surface area contributed by atoms with E-state index in [1.807, 2.05) is 0 Å². The van der Waals surface area contributed by atoms with Gasteiger partial charge < -0.3 is 0 Å². The summed E-state index contributed by atoms with van der Waals surface area (Å²) in [6.07, 6.45) is 4.82. The molecule has 3 rings (SSSR count). The molecule has 0 amide bonds. The molecular weight excluding hydrogens is 223 g/mol. The van der Waals surface area contributed by atoms with Crippen LogP contribution in [-0.2, 0) is 6.42 Å². The van der Waals surface area contributed by atoms with E-state index in [0.717, 1.165) is 0 Å². The van der Waals surface area contributed by atoms with Crippen LogP contribution in [0.4, 0.5) is 0 Å². The van der Waals surface area contributed by atoms with E-state index in [0.29, 0.717) is 0 Å². The van der Waals surface area contributed by atoms with Crippen LogP contribution in [0, 0.1) is 0 Å². The summed E-state index contributed by atoms with van der Waals surface area (Å²) in [5.74, 6) is 0. The molecule has 0 bridgehead atoms. The number of halogens is 1. The van der Waals surface area contributed by atoms with Crippen molar-refractivity contribution in [2.45, 2.75) is 19.3 Å². The standard InChI is InChI=1S/C13H15ClP/c1-15(14)9-8-12-11-5-3-2-4-10(11)6-7-13(12)15/h2-5H,6-9H2,1H3/q+1. The Labute approximate surface area is 96.5 Å². The summed E-state index contributed by atoms with van der Waals surface area (Å²) in [5, 5.41) is 1.61. The van der Waals surface area contributed by atoms with Crippen LogP contribution in [0.15, 0.2) is 29.6 Å². The largest absolute Gasteiger partial charge is 0.139 e. The van der Waals surface area contributed by atoms with E-state index in [1.165, 1.54) is 36.6 Å². The lowest BCUT2D eigenvalue weighted by atomic mass is 9.90. The SMILES string of the molecule is C[P+]1(Cl)CCC2=C1CCc1ccccc12. The van der Waals surface area contributed by atoms with Gasteiger partial charge in [0.05, 0.1) is 29.4 Å². The van der Waals surface area contributed by atoms with E-state index in [2.05, 4.69) is 30.9 Å². The quantitative estimate of drug-likeness (QED) is 0.581. The van der Waals surface area contributed by atoms with Gasteiger partial charge in [-0.25, -0.2) is 0 Å². The highest BCUT2D eigenvalue weighted by atomic mass is 35.7. The molecule has 0 spiro atoms. The number of fused-ring (bicyclic) bond motifs is 2. The summed E-state index contributed by atoms with van der Waals surface area (Å²) in [5.41, 5.74) is 4.60. The lowest BCUT2D eigenvalue weighted by Gasteiger charge is -2.18. The van der Waals surface area contributed by atoms with Crippen LogP contribution in [0.3, 0.4) is 0 Å². The summed E-state index contributed by atoms with van der Waals surface area (Å²) in [6, 6.07) is 8.83. The molecule has 1 atom stereocenters. The second-order valence-electron chi connectivity index (χ2n) is 4.63.